The van der Waals surface area contributed by atoms with Gasteiger partial charge in [-0.15, -0.1) is 0 Å². The Labute approximate surface area is 169 Å². The molecule has 0 aliphatic rings. The van der Waals surface area contributed by atoms with Crippen LogP contribution < -0.4 is 10.9 Å². The van der Waals surface area contributed by atoms with Gasteiger partial charge in [-0.1, -0.05) is 55.3 Å². The number of hydrogen-bond donors (Lipinski definition) is 1. The summed E-state index contributed by atoms with van der Waals surface area (Å²) in [5, 5.41) is 2.99. The lowest BCUT2D eigenvalue weighted by molar-refractivity contribution is -0.123. The molecule has 1 heterocycles. The van der Waals surface area contributed by atoms with Crippen molar-refractivity contribution in [2.45, 2.75) is 32.2 Å². The van der Waals surface area contributed by atoms with Crippen molar-refractivity contribution < 1.29 is 14.3 Å². The van der Waals surface area contributed by atoms with Crippen LogP contribution in [0.4, 0.5) is 0 Å². The number of carbonyl (C=O) groups excluding carboxylic acids is 2. The number of Topliss-reactive ketones (excluding diaryl/α,β-unsaturated/α-hetero) is 1. The van der Waals surface area contributed by atoms with Gasteiger partial charge in [0.2, 0.25) is 0 Å². The van der Waals surface area contributed by atoms with E-state index < -0.39 is 23.3 Å². The van der Waals surface area contributed by atoms with Crippen LogP contribution in [-0.4, -0.2) is 36.0 Å². The Kier molecular flexibility index (Phi) is 8.91. The zero-order valence-electron chi connectivity index (χ0n) is 15.9. The predicted molar refractivity (Wildman–Crippen MR) is 109 cm³/mol. The summed E-state index contributed by atoms with van der Waals surface area (Å²) in [7, 11) is 0. The van der Waals surface area contributed by atoms with Gasteiger partial charge in [-0.25, -0.2) is 0 Å². The van der Waals surface area contributed by atoms with Gasteiger partial charge in [-0.2, -0.15) is 0 Å². The third-order valence-corrected chi connectivity index (χ3v) is 4.37. The maximum Gasteiger partial charge on any atom is 0.251 e. The number of carbonyl (C=O) groups is 2. The topological polar surface area (TPSA) is 77.4 Å². The van der Waals surface area contributed by atoms with E-state index in [2.05, 4.69) is 12.2 Å². The minimum Gasteiger partial charge on any atom is -0.381 e. The molecule has 0 aliphatic carbocycles. The summed E-state index contributed by atoms with van der Waals surface area (Å²) < 4.78 is 6.54. The van der Waals surface area contributed by atoms with Crippen LogP contribution in [0.25, 0.3) is 0 Å². The largest absolute Gasteiger partial charge is 0.381 e. The number of rotatable bonds is 11. The second kappa shape index (κ2) is 11.4. The first-order valence-corrected chi connectivity index (χ1v) is 9.74. The first kappa shape index (κ1) is 21.9. The van der Waals surface area contributed by atoms with Crippen molar-refractivity contribution in [3.05, 3.63) is 69.6 Å². The number of ether oxygens (including phenoxy) is 1. The van der Waals surface area contributed by atoms with E-state index in [9.17, 15) is 14.4 Å². The molecule has 150 valence electrons. The highest BCUT2D eigenvalue weighted by molar-refractivity contribution is 6.30. The monoisotopic (exact) mass is 404 g/mol. The molecule has 1 atom stereocenters. The van der Waals surface area contributed by atoms with Crippen LogP contribution in [0, 0.1) is 0 Å². The van der Waals surface area contributed by atoms with Crippen molar-refractivity contribution in [2.24, 2.45) is 0 Å². The van der Waals surface area contributed by atoms with E-state index in [1.54, 1.807) is 30.3 Å². The third-order valence-electron chi connectivity index (χ3n) is 4.14. The molecule has 0 radical (unpaired) electrons. The van der Waals surface area contributed by atoms with Crippen LogP contribution in [0.3, 0.4) is 0 Å². The fraction of sp³-hybridized carbons (Fsp3) is 0.381. The van der Waals surface area contributed by atoms with E-state index in [0.717, 1.165) is 17.4 Å². The average molecular weight is 405 g/mol. The highest BCUT2D eigenvalue weighted by Crippen LogP contribution is 2.16. The fourth-order valence-electron chi connectivity index (χ4n) is 2.64. The van der Waals surface area contributed by atoms with Gasteiger partial charge >= 0.3 is 0 Å². The van der Waals surface area contributed by atoms with Gasteiger partial charge in [0, 0.05) is 37.6 Å². The molecule has 1 aromatic carbocycles. The Hall–Kier alpha value is -2.44. The smallest absolute Gasteiger partial charge is 0.251 e. The Bertz CT molecular complexity index is 836. The molecule has 0 aliphatic heterocycles. The molecule has 0 saturated heterocycles. The van der Waals surface area contributed by atoms with Crippen molar-refractivity contribution in [2.75, 3.05) is 19.8 Å². The number of amides is 1. The van der Waals surface area contributed by atoms with Gasteiger partial charge in [0.25, 0.3) is 11.5 Å². The summed E-state index contributed by atoms with van der Waals surface area (Å²) in [6.07, 6.45) is 3.99. The molecule has 6 nitrogen and oxygen atoms in total. The zero-order valence-corrected chi connectivity index (χ0v) is 16.7. The molecule has 2 rings (SSSR count). The Morgan fingerprint density at radius 3 is 2.54 bits per heavy atom. The van der Waals surface area contributed by atoms with Gasteiger partial charge in [0.1, 0.15) is 0 Å². The number of hydrogen-bond acceptors (Lipinski definition) is 4. The maximum absolute atomic E-state index is 13.0. The molecule has 0 bridgehead atoms. The number of nitrogens with zero attached hydrogens (tertiary/aromatic N) is 1. The standard InChI is InChI=1S/C21H25ClN2O4/c1-2-3-13-28-14-7-12-23-21(27)19(20(26)16-8-5-4-6-9-16)24-15-17(22)10-11-18(24)25/h4-6,8-11,15,19H,2-3,7,12-14H2,1H3,(H,23,27). The normalized spacial score (nSPS) is 11.8. The molecule has 0 fully saturated rings. The zero-order chi connectivity index (χ0) is 20.4. The second-order valence-electron chi connectivity index (χ2n) is 6.34. The van der Waals surface area contributed by atoms with Crippen LogP contribution in [0.2, 0.25) is 5.02 Å². The SMILES string of the molecule is CCCCOCCCNC(=O)C(C(=O)c1ccccc1)n1cc(Cl)ccc1=O. The van der Waals surface area contributed by atoms with E-state index in [0.29, 0.717) is 31.7 Å². The van der Waals surface area contributed by atoms with E-state index in [4.69, 9.17) is 16.3 Å². The lowest BCUT2D eigenvalue weighted by atomic mass is 10.0. The Morgan fingerprint density at radius 1 is 1.11 bits per heavy atom. The van der Waals surface area contributed by atoms with E-state index in [-0.39, 0.29) is 5.02 Å². The predicted octanol–water partition coefficient (Wildman–Crippen LogP) is 3.25. The molecule has 0 spiro atoms. The summed E-state index contributed by atoms with van der Waals surface area (Å²) in [4.78, 5) is 38.0. The number of unbranched alkanes of at least 4 members (excludes halogenated alkanes) is 1. The van der Waals surface area contributed by atoms with Gasteiger partial charge in [-0.3, -0.25) is 19.0 Å². The van der Waals surface area contributed by atoms with Gasteiger partial charge in [-0.05, 0) is 18.9 Å². The second-order valence-corrected chi connectivity index (χ2v) is 6.77. The molecule has 7 heteroatoms. The van der Waals surface area contributed by atoms with Crippen LogP contribution >= 0.6 is 11.6 Å². The first-order chi connectivity index (χ1) is 13.5. The minimum atomic E-state index is -1.32. The number of pyridine rings is 1. The summed E-state index contributed by atoms with van der Waals surface area (Å²) in [5.41, 5.74) is -0.130. The third kappa shape index (κ3) is 6.32. The Morgan fingerprint density at radius 2 is 1.82 bits per heavy atom. The van der Waals surface area contributed by atoms with E-state index in [1.807, 2.05) is 0 Å². The van der Waals surface area contributed by atoms with Crippen molar-refractivity contribution in [1.29, 1.82) is 0 Å². The Balaban J connectivity index is 2.12. The quantitative estimate of drug-likeness (QED) is 0.354. The van der Waals surface area contributed by atoms with Crippen molar-refractivity contribution >= 4 is 23.3 Å². The molecule has 28 heavy (non-hydrogen) atoms. The molecule has 1 N–H and O–H groups in total. The number of benzene rings is 1. The number of nitrogens with one attached hydrogen (secondary N) is 1. The van der Waals surface area contributed by atoms with Crippen LogP contribution in [-0.2, 0) is 9.53 Å². The molecule has 1 unspecified atom stereocenters. The van der Waals surface area contributed by atoms with Gasteiger partial charge in [0.05, 0.1) is 5.02 Å². The number of aromatic nitrogens is 1. The minimum absolute atomic E-state index is 0.266. The summed E-state index contributed by atoms with van der Waals surface area (Å²) >= 11 is 5.98. The maximum atomic E-state index is 13.0. The lowest BCUT2D eigenvalue weighted by Gasteiger charge is -2.19. The summed E-state index contributed by atoms with van der Waals surface area (Å²) in [6, 6.07) is 9.75. The molecule has 1 amide bonds. The molecule has 2 aromatic rings. The molecular formula is C21H25ClN2O4. The first-order valence-electron chi connectivity index (χ1n) is 9.37. The highest BCUT2D eigenvalue weighted by Gasteiger charge is 2.30. The van der Waals surface area contributed by atoms with Crippen molar-refractivity contribution in [3.63, 3.8) is 0 Å². The van der Waals surface area contributed by atoms with Crippen LogP contribution in [0.5, 0.6) is 0 Å². The number of halogens is 1. The van der Waals surface area contributed by atoms with E-state index >= 15 is 0 Å². The van der Waals surface area contributed by atoms with Crippen LogP contribution in [0.15, 0.2) is 53.5 Å². The van der Waals surface area contributed by atoms with Crippen molar-refractivity contribution in [3.8, 4) is 0 Å². The van der Waals surface area contributed by atoms with Gasteiger partial charge < -0.3 is 10.1 Å². The summed E-state index contributed by atoms with van der Waals surface area (Å²) in [5.74, 6) is -1.02. The average Bonchev–Trinajstić information content (AvgIpc) is 2.70. The summed E-state index contributed by atoms with van der Waals surface area (Å²) in [6.45, 7) is 3.65. The highest BCUT2D eigenvalue weighted by atomic mass is 35.5. The van der Waals surface area contributed by atoms with Gasteiger partial charge in [0.15, 0.2) is 11.8 Å². The van der Waals surface area contributed by atoms with E-state index in [1.165, 1.54) is 18.3 Å². The van der Waals surface area contributed by atoms with Crippen LogP contribution in [0.1, 0.15) is 42.6 Å². The lowest BCUT2D eigenvalue weighted by Crippen LogP contribution is -2.41. The number of ketones is 1. The van der Waals surface area contributed by atoms with Crippen molar-refractivity contribution in [1.82, 2.24) is 9.88 Å². The molecular weight excluding hydrogens is 380 g/mol. The molecule has 0 saturated carbocycles. The molecule has 1 aromatic heterocycles. The fourth-order valence-corrected chi connectivity index (χ4v) is 2.81.